The molecule has 0 saturated carbocycles. The Morgan fingerprint density at radius 2 is 1.89 bits per heavy atom. The van der Waals surface area contributed by atoms with Crippen LogP contribution in [0.25, 0.3) is 0 Å². The van der Waals surface area contributed by atoms with E-state index in [0.717, 1.165) is 37.8 Å². The van der Waals surface area contributed by atoms with E-state index in [9.17, 15) is 18.0 Å². The van der Waals surface area contributed by atoms with Crippen molar-refractivity contribution in [3.8, 4) is 5.75 Å². The molecular formula is C14H19F3O2. The molecule has 0 unspecified atom stereocenters. The zero-order valence-electron chi connectivity index (χ0n) is 11.2. The van der Waals surface area contributed by atoms with Gasteiger partial charge in [0.2, 0.25) is 0 Å². The molecule has 0 heterocycles. The van der Waals surface area contributed by atoms with Gasteiger partial charge in [0, 0.05) is 6.07 Å². The molecule has 0 fully saturated rings. The van der Waals surface area contributed by atoms with E-state index in [1.54, 1.807) is 0 Å². The van der Waals surface area contributed by atoms with Crippen molar-refractivity contribution in [1.82, 2.24) is 0 Å². The van der Waals surface area contributed by atoms with Crippen molar-refractivity contribution in [2.45, 2.75) is 32.6 Å². The minimum atomic E-state index is -1.77. The minimum Gasteiger partial charge on any atom is -0.493 e. The van der Waals surface area contributed by atoms with Crippen LogP contribution in [0.1, 0.15) is 43.0 Å². The maximum atomic E-state index is 13.2. The van der Waals surface area contributed by atoms with E-state index >= 15 is 0 Å². The lowest BCUT2D eigenvalue weighted by Gasteiger charge is -2.06. The van der Waals surface area contributed by atoms with Crippen LogP contribution in [-0.2, 0) is 0 Å². The third-order valence-corrected chi connectivity index (χ3v) is 2.42. The molecule has 19 heavy (non-hydrogen) atoms. The first-order valence-corrected chi connectivity index (χ1v) is 6.15. The van der Waals surface area contributed by atoms with Crippen LogP contribution in [0.5, 0.6) is 5.75 Å². The second kappa shape index (κ2) is 10.4. The van der Waals surface area contributed by atoms with Crippen molar-refractivity contribution in [2.75, 3.05) is 13.8 Å². The van der Waals surface area contributed by atoms with Gasteiger partial charge in [-0.3, -0.25) is 9.18 Å². The van der Waals surface area contributed by atoms with Crippen LogP contribution >= 0.6 is 0 Å². The van der Waals surface area contributed by atoms with Gasteiger partial charge in [-0.05, 0) is 18.6 Å². The summed E-state index contributed by atoms with van der Waals surface area (Å²) in [5.41, 5.74) is -0.552. The highest BCUT2D eigenvalue weighted by Gasteiger charge is 2.11. The zero-order valence-corrected chi connectivity index (χ0v) is 11.2. The molecule has 1 aromatic rings. The van der Waals surface area contributed by atoms with E-state index in [1.165, 1.54) is 6.07 Å². The van der Waals surface area contributed by atoms with E-state index in [4.69, 9.17) is 4.74 Å². The van der Waals surface area contributed by atoms with Crippen molar-refractivity contribution in [2.24, 2.45) is 0 Å². The topological polar surface area (TPSA) is 26.3 Å². The zero-order chi connectivity index (χ0) is 14.7. The number of unbranched alkanes of at least 4 members (excludes halogenated alkanes) is 3. The predicted molar refractivity (Wildman–Crippen MR) is 68.5 cm³/mol. The van der Waals surface area contributed by atoms with Crippen LogP contribution in [0.2, 0.25) is 0 Å². The van der Waals surface area contributed by atoms with Gasteiger partial charge in [-0.25, -0.2) is 4.39 Å². The smallest absolute Gasteiger partial charge is 0.335 e. The van der Waals surface area contributed by atoms with Crippen molar-refractivity contribution < 1.29 is 22.7 Å². The first-order chi connectivity index (χ1) is 9.15. The number of alkyl halides is 1. The highest BCUT2D eigenvalue weighted by Crippen LogP contribution is 2.17. The van der Waals surface area contributed by atoms with Gasteiger partial charge in [0.15, 0.2) is 0 Å². The Kier molecular flexibility index (Phi) is 9.57. The quantitative estimate of drug-likeness (QED) is 0.542. The molecule has 0 spiro atoms. The van der Waals surface area contributed by atoms with Crippen LogP contribution in [0.4, 0.5) is 13.2 Å². The molecule has 0 N–H and O–H groups in total. The second-order valence-electron chi connectivity index (χ2n) is 3.82. The second-order valence-corrected chi connectivity index (χ2v) is 3.82. The van der Waals surface area contributed by atoms with E-state index < -0.39 is 17.4 Å². The molecule has 0 aromatic heterocycles. The molecule has 5 heteroatoms. The molecule has 0 bridgehead atoms. The number of benzene rings is 1. The SMILES string of the molecule is CCCCCCOc1ccc(C(=O)F)c(F)c1.CF. The van der Waals surface area contributed by atoms with Gasteiger partial charge in [-0.1, -0.05) is 26.2 Å². The van der Waals surface area contributed by atoms with E-state index in [-0.39, 0.29) is 0 Å². The van der Waals surface area contributed by atoms with Crippen molar-refractivity contribution in [3.05, 3.63) is 29.6 Å². The molecule has 2 nitrogen and oxygen atoms in total. The number of hydrogen-bond acceptors (Lipinski definition) is 2. The van der Waals surface area contributed by atoms with Crippen LogP contribution in [0.15, 0.2) is 18.2 Å². The largest absolute Gasteiger partial charge is 0.493 e. The monoisotopic (exact) mass is 276 g/mol. The van der Waals surface area contributed by atoms with Gasteiger partial charge in [0.05, 0.1) is 19.3 Å². The van der Waals surface area contributed by atoms with Gasteiger partial charge in [0.25, 0.3) is 0 Å². The fraction of sp³-hybridized carbons (Fsp3) is 0.500. The normalized spacial score (nSPS) is 9.53. The van der Waals surface area contributed by atoms with Crippen LogP contribution in [-0.4, -0.2) is 19.8 Å². The maximum absolute atomic E-state index is 13.2. The maximum Gasteiger partial charge on any atom is 0.335 e. The number of carbonyl (C=O) groups is 1. The number of carbonyl (C=O) groups excluding carboxylic acids is 1. The predicted octanol–water partition coefficient (Wildman–Crippen LogP) is 4.48. The molecule has 0 aliphatic carbocycles. The fourth-order valence-corrected chi connectivity index (χ4v) is 1.46. The summed E-state index contributed by atoms with van der Waals surface area (Å²) < 4.78 is 40.3. The Morgan fingerprint density at radius 3 is 2.42 bits per heavy atom. The fourth-order valence-electron chi connectivity index (χ4n) is 1.46. The summed E-state index contributed by atoms with van der Waals surface area (Å²) in [6.45, 7) is 2.62. The molecule has 0 saturated heterocycles. The Balaban J connectivity index is 0.00000154. The lowest BCUT2D eigenvalue weighted by Crippen LogP contribution is -2.00. The number of hydrogen-bond donors (Lipinski definition) is 0. The Bertz CT molecular complexity index is 381. The molecule has 108 valence electrons. The summed E-state index contributed by atoms with van der Waals surface area (Å²) in [7, 11) is 0.500. The highest BCUT2D eigenvalue weighted by atomic mass is 19.1. The molecule has 1 aromatic carbocycles. The lowest BCUT2D eigenvalue weighted by atomic mass is 10.2. The van der Waals surface area contributed by atoms with Gasteiger partial charge in [-0.2, -0.15) is 4.39 Å². The average Bonchev–Trinajstić information content (AvgIpc) is 2.40. The Hall–Kier alpha value is -1.52. The van der Waals surface area contributed by atoms with Gasteiger partial charge >= 0.3 is 6.04 Å². The standard InChI is InChI=1S/C13H16F2O2.CH3F/c1-2-3-4-5-8-17-10-6-7-11(13(15)16)12(14)9-10;1-2/h6-7,9H,2-5,8H2,1H3;1H3. The summed E-state index contributed by atoms with van der Waals surface area (Å²) in [6.07, 6.45) is 4.26. The van der Waals surface area contributed by atoms with E-state index in [2.05, 4.69) is 6.92 Å². The molecule has 0 amide bonds. The summed E-state index contributed by atoms with van der Waals surface area (Å²) in [5, 5.41) is 0. The number of halogens is 3. The van der Waals surface area contributed by atoms with Crippen LogP contribution in [0, 0.1) is 5.82 Å². The van der Waals surface area contributed by atoms with E-state index in [1.807, 2.05) is 0 Å². The molecular weight excluding hydrogens is 257 g/mol. The summed E-state index contributed by atoms with van der Waals surface area (Å²) in [5.74, 6) is -0.562. The number of ether oxygens (including phenoxy) is 1. The first-order valence-electron chi connectivity index (χ1n) is 6.15. The third kappa shape index (κ3) is 6.84. The first kappa shape index (κ1) is 17.5. The van der Waals surface area contributed by atoms with Gasteiger partial charge < -0.3 is 4.74 Å². The molecule has 0 aliphatic heterocycles. The Morgan fingerprint density at radius 1 is 1.21 bits per heavy atom. The van der Waals surface area contributed by atoms with Crippen LogP contribution in [0.3, 0.4) is 0 Å². The Labute approximate surface area is 111 Å². The lowest BCUT2D eigenvalue weighted by molar-refractivity contribution is 0.0831. The summed E-state index contributed by atoms with van der Waals surface area (Å²) in [6, 6.07) is 1.76. The van der Waals surface area contributed by atoms with Gasteiger partial charge in [0.1, 0.15) is 11.6 Å². The van der Waals surface area contributed by atoms with Gasteiger partial charge in [-0.15, -0.1) is 0 Å². The minimum absolute atomic E-state index is 0.323. The van der Waals surface area contributed by atoms with E-state index in [0.29, 0.717) is 19.5 Å². The van der Waals surface area contributed by atoms with Crippen molar-refractivity contribution >= 4 is 6.04 Å². The molecule has 0 aliphatic rings. The molecule has 0 atom stereocenters. The summed E-state index contributed by atoms with van der Waals surface area (Å²) in [4.78, 5) is 10.4. The summed E-state index contributed by atoms with van der Waals surface area (Å²) >= 11 is 0. The highest BCUT2D eigenvalue weighted by molar-refractivity contribution is 5.88. The third-order valence-electron chi connectivity index (χ3n) is 2.42. The molecule has 1 rings (SSSR count). The van der Waals surface area contributed by atoms with Crippen LogP contribution < -0.4 is 4.74 Å². The molecule has 0 radical (unpaired) electrons. The average molecular weight is 276 g/mol. The number of rotatable bonds is 7. The van der Waals surface area contributed by atoms with Crippen molar-refractivity contribution in [3.63, 3.8) is 0 Å². The van der Waals surface area contributed by atoms with Crippen molar-refractivity contribution in [1.29, 1.82) is 0 Å².